The second-order valence-electron chi connectivity index (χ2n) is 2.16. The third kappa shape index (κ3) is 2.89. The van der Waals surface area contributed by atoms with Gasteiger partial charge in [0.05, 0.1) is 7.11 Å². The maximum Gasteiger partial charge on any atom is 0.0572 e. The molecule has 0 unspecified atom stereocenters. The molecule has 0 spiro atoms. The van der Waals surface area contributed by atoms with Crippen LogP contribution in [0.25, 0.3) is 0 Å². The second-order valence-corrected chi connectivity index (χ2v) is 2.59. The first-order chi connectivity index (χ1) is 5.33. The molecule has 3 heteroatoms. The van der Waals surface area contributed by atoms with Gasteiger partial charge < -0.3 is 4.84 Å². The van der Waals surface area contributed by atoms with Gasteiger partial charge in [-0.15, -0.1) is 0 Å². The van der Waals surface area contributed by atoms with Crippen LogP contribution in [0, 0.1) is 0 Å². The van der Waals surface area contributed by atoms with Gasteiger partial charge in [0.2, 0.25) is 0 Å². The van der Waals surface area contributed by atoms with Crippen molar-refractivity contribution in [3.05, 3.63) is 34.9 Å². The highest BCUT2D eigenvalue weighted by Gasteiger charge is 1.91. The minimum atomic E-state index is 0.678. The molecule has 0 amide bonds. The SMILES string of the molecule is CONCc1cccc(Cl)c1. The highest BCUT2D eigenvalue weighted by atomic mass is 35.5. The Bertz CT molecular complexity index is 227. The lowest BCUT2D eigenvalue weighted by Gasteiger charge is -2.01. The zero-order chi connectivity index (χ0) is 8.10. The number of nitrogens with one attached hydrogen (secondary N) is 1. The third-order valence-corrected chi connectivity index (χ3v) is 1.54. The van der Waals surface area contributed by atoms with E-state index in [9.17, 15) is 0 Å². The first-order valence-corrected chi connectivity index (χ1v) is 3.71. The van der Waals surface area contributed by atoms with E-state index in [1.54, 1.807) is 7.11 Å². The number of hydrogen-bond acceptors (Lipinski definition) is 2. The van der Waals surface area contributed by atoms with E-state index in [1.807, 2.05) is 24.3 Å². The van der Waals surface area contributed by atoms with Gasteiger partial charge in [0.25, 0.3) is 0 Å². The van der Waals surface area contributed by atoms with Gasteiger partial charge in [-0.1, -0.05) is 23.7 Å². The molecule has 2 nitrogen and oxygen atoms in total. The summed E-state index contributed by atoms with van der Waals surface area (Å²) in [4.78, 5) is 4.69. The van der Waals surface area contributed by atoms with E-state index in [-0.39, 0.29) is 0 Å². The molecule has 0 aliphatic rings. The Hall–Kier alpha value is -0.570. The van der Waals surface area contributed by atoms with Crippen molar-refractivity contribution in [3.8, 4) is 0 Å². The van der Waals surface area contributed by atoms with Crippen LogP contribution in [0.2, 0.25) is 5.02 Å². The van der Waals surface area contributed by atoms with Gasteiger partial charge in [-0.05, 0) is 17.7 Å². The average molecular weight is 172 g/mol. The van der Waals surface area contributed by atoms with Crippen LogP contribution in [0.1, 0.15) is 5.56 Å². The van der Waals surface area contributed by atoms with Crippen LogP contribution in [-0.4, -0.2) is 7.11 Å². The van der Waals surface area contributed by atoms with Crippen molar-refractivity contribution in [1.82, 2.24) is 5.48 Å². The lowest BCUT2D eigenvalue weighted by Crippen LogP contribution is -2.10. The summed E-state index contributed by atoms with van der Waals surface area (Å²) in [5, 5.41) is 0.750. The molecule has 0 bridgehead atoms. The monoisotopic (exact) mass is 171 g/mol. The predicted octanol–water partition coefficient (Wildman–Crippen LogP) is 1.99. The van der Waals surface area contributed by atoms with E-state index in [1.165, 1.54) is 0 Å². The van der Waals surface area contributed by atoms with Crippen LogP contribution in [0.4, 0.5) is 0 Å². The maximum absolute atomic E-state index is 5.76. The zero-order valence-electron chi connectivity index (χ0n) is 6.30. The maximum atomic E-state index is 5.76. The van der Waals surface area contributed by atoms with E-state index in [0.717, 1.165) is 10.6 Å². The van der Waals surface area contributed by atoms with Crippen LogP contribution in [0.5, 0.6) is 0 Å². The lowest BCUT2D eigenvalue weighted by molar-refractivity contribution is 0.0867. The first-order valence-electron chi connectivity index (χ1n) is 3.33. The van der Waals surface area contributed by atoms with Crippen molar-refractivity contribution in [2.45, 2.75) is 6.54 Å². The Labute approximate surface area is 71.1 Å². The van der Waals surface area contributed by atoms with E-state index in [0.29, 0.717) is 6.54 Å². The number of hydroxylamine groups is 1. The molecule has 0 atom stereocenters. The summed E-state index contributed by atoms with van der Waals surface area (Å²) in [7, 11) is 1.59. The Balaban J connectivity index is 2.56. The van der Waals surface area contributed by atoms with Crippen molar-refractivity contribution in [1.29, 1.82) is 0 Å². The summed E-state index contributed by atoms with van der Waals surface area (Å²) < 4.78 is 0. The van der Waals surface area contributed by atoms with Crippen molar-refractivity contribution < 1.29 is 4.84 Å². The van der Waals surface area contributed by atoms with Gasteiger partial charge in [0.15, 0.2) is 0 Å². The minimum Gasteiger partial charge on any atom is -0.305 e. The lowest BCUT2D eigenvalue weighted by atomic mass is 10.2. The number of benzene rings is 1. The van der Waals surface area contributed by atoms with Crippen molar-refractivity contribution in [3.63, 3.8) is 0 Å². The predicted molar refractivity (Wildman–Crippen MR) is 45.3 cm³/mol. The highest BCUT2D eigenvalue weighted by Crippen LogP contribution is 2.09. The molecule has 0 heterocycles. The number of hydrogen-bond donors (Lipinski definition) is 1. The topological polar surface area (TPSA) is 21.3 Å². The molecule has 1 N–H and O–H groups in total. The molecule has 1 aromatic carbocycles. The summed E-state index contributed by atoms with van der Waals surface area (Å²) in [6.45, 7) is 0.678. The molecule has 0 saturated heterocycles. The van der Waals surface area contributed by atoms with Crippen LogP contribution in [-0.2, 0) is 11.4 Å². The van der Waals surface area contributed by atoms with Crippen LogP contribution >= 0.6 is 11.6 Å². The van der Waals surface area contributed by atoms with Gasteiger partial charge in [-0.3, -0.25) is 0 Å². The number of halogens is 1. The van der Waals surface area contributed by atoms with Crippen molar-refractivity contribution >= 4 is 11.6 Å². The average Bonchev–Trinajstić information content (AvgIpc) is 2.01. The van der Waals surface area contributed by atoms with E-state index in [4.69, 9.17) is 16.4 Å². The van der Waals surface area contributed by atoms with Gasteiger partial charge in [-0.2, -0.15) is 5.48 Å². The van der Waals surface area contributed by atoms with Crippen LogP contribution in [0.15, 0.2) is 24.3 Å². The Morgan fingerprint density at radius 2 is 2.36 bits per heavy atom. The normalized spacial score (nSPS) is 10.0. The molecule has 11 heavy (non-hydrogen) atoms. The summed E-state index contributed by atoms with van der Waals surface area (Å²) in [6, 6.07) is 7.64. The highest BCUT2D eigenvalue weighted by molar-refractivity contribution is 6.30. The molecule has 0 aromatic heterocycles. The Kier molecular flexibility index (Phi) is 3.36. The molecule has 0 aliphatic carbocycles. The Morgan fingerprint density at radius 1 is 1.55 bits per heavy atom. The summed E-state index contributed by atoms with van der Waals surface area (Å²) in [6.07, 6.45) is 0. The fourth-order valence-corrected chi connectivity index (χ4v) is 1.02. The minimum absolute atomic E-state index is 0.678. The van der Waals surface area contributed by atoms with E-state index >= 15 is 0 Å². The molecule has 60 valence electrons. The number of rotatable bonds is 3. The van der Waals surface area contributed by atoms with Crippen molar-refractivity contribution in [2.24, 2.45) is 0 Å². The molecule has 1 aromatic rings. The van der Waals surface area contributed by atoms with Gasteiger partial charge >= 0.3 is 0 Å². The summed E-state index contributed by atoms with van der Waals surface area (Å²) >= 11 is 5.76. The fraction of sp³-hybridized carbons (Fsp3) is 0.250. The zero-order valence-corrected chi connectivity index (χ0v) is 7.06. The standard InChI is InChI=1S/C8H10ClNO/c1-11-10-6-7-3-2-4-8(9)5-7/h2-5,10H,6H2,1H3. The van der Waals surface area contributed by atoms with Crippen LogP contribution < -0.4 is 5.48 Å². The van der Waals surface area contributed by atoms with Crippen LogP contribution in [0.3, 0.4) is 0 Å². The van der Waals surface area contributed by atoms with E-state index < -0.39 is 0 Å². The smallest absolute Gasteiger partial charge is 0.0572 e. The molecule has 0 saturated carbocycles. The molecule has 0 aliphatic heterocycles. The van der Waals surface area contributed by atoms with Crippen molar-refractivity contribution in [2.75, 3.05) is 7.11 Å². The van der Waals surface area contributed by atoms with E-state index in [2.05, 4.69) is 5.48 Å². The largest absolute Gasteiger partial charge is 0.305 e. The molecule has 0 radical (unpaired) electrons. The molecule has 1 rings (SSSR count). The third-order valence-electron chi connectivity index (χ3n) is 1.31. The molecular formula is C8H10ClNO. The van der Waals surface area contributed by atoms with Gasteiger partial charge in [0.1, 0.15) is 0 Å². The van der Waals surface area contributed by atoms with Gasteiger partial charge in [0, 0.05) is 11.6 Å². The summed E-state index contributed by atoms with van der Waals surface area (Å²) in [5.74, 6) is 0. The fourth-order valence-electron chi connectivity index (χ4n) is 0.802. The quantitative estimate of drug-likeness (QED) is 0.703. The van der Waals surface area contributed by atoms with Gasteiger partial charge in [-0.25, -0.2) is 0 Å². The molecular weight excluding hydrogens is 162 g/mol. The molecule has 0 fully saturated rings. The first kappa shape index (κ1) is 8.53. The summed E-state index contributed by atoms with van der Waals surface area (Å²) in [5.41, 5.74) is 3.84. The Morgan fingerprint density at radius 3 is 3.00 bits per heavy atom. The second kappa shape index (κ2) is 4.34.